The molecule has 0 saturated carbocycles. The number of nitrogens with zero attached hydrogens (tertiary/aromatic N) is 1. The van der Waals surface area contributed by atoms with Crippen LogP contribution < -0.4 is 5.32 Å². The van der Waals surface area contributed by atoms with Gasteiger partial charge in [0.25, 0.3) is 0 Å². The largest absolute Gasteiger partial charge is 0.356 e. The van der Waals surface area contributed by atoms with Gasteiger partial charge in [0.15, 0.2) is 0 Å². The van der Waals surface area contributed by atoms with Gasteiger partial charge < -0.3 is 10.2 Å². The number of hydrogen-bond donors (Lipinski definition) is 1. The maximum Gasteiger partial charge on any atom is 0.222 e. The fourth-order valence-corrected chi connectivity index (χ4v) is 3.02. The number of carbonyl (C=O) groups is 2. The molecular formula is C14H24N2O2. The molecule has 1 N–H and O–H groups in total. The molecule has 2 saturated heterocycles. The first-order valence-corrected chi connectivity index (χ1v) is 7.20. The van der Waals surface area contributed by atoms with Crippen molar-refractivity contribution in [3.63, 3.8) is 0 Å². The lowest BCUT2D eigenvalue weighted by Crippen LogP contribution is -2.43. The smallest absolute Gasteiger partial charge is 0.222 e. The summed E-state index contributed by atoms with van der Waals surface area (Å²) in [6.45, 7) is 4.63. The maximum atomic E-state index is 12.0. The summed E-state index contributed by atoms with van der Waals surface area (Å²) in [6, 6.07) is 0. The molecule has 0 aromatic carbocycles. The Balaban J connectivity index is 1.76. The third-order valence-corrected chi connectivity index (χ3v) is 4.37. The van der Waals surface area contributed by atoms with Crippen molar-refractivity contribution in [3.8, 4) is 0 Å². The van der Waals surface area contributed by atoms with Gasteiger partial charge in [-0.05, 0) is 24.7 Å². The Labute approximate surface area is 109 Å². The molecule has 1 spiro atoms. The maximum absolute atomic E-state index is 12.0. The van der Waals surface area contributed by atoms with Crippen LogP contribution in [-0.2, 0) is 9.59 Å². The summed E-state index contributed by atoms with van der Waals surface area (Å²) >= 11 is 0. The summed E-state index contributed by atoms with van der Waals surface area (Å²) in [5, 5.41) is 2.92. The average Bonchev–Trinajstić information content (AvgIpc) is 2.72. The highest BCUT2D eigenvalue weighted by Crippen LogP contribution is 2.37. The average molecular weight is 252 g/mol. The van der Waals surface area contributed by atoms with Crippen molar-refractivity contribution in [1.29, 1.82) is 0 Å². The molecule has 0 unspecified atom stereocenters. The molecule has 0 aliphatic carbocycles. The molecule has 2 heterocycles. The minimum absolute atomic E-state index is 0.150. The van der Waals surface area contributed by atoms with E-state index in [1.807, 2.05) is 4.90 Å². The van der Waals surface area contributed by atoms with Gasteiger partial charge in [0, 0.05) is 32.5 Å². The Hall–Kier alpha value is -1.06. The molecule has 18 heavy (non-hydrogen) atoms. The molecule has 2 amide bonds. The standard InChI is InChI=1S/C14H24N2O2/c1-2-3-4-5-13(18)16-8-6-14(7-9-16)10-12(17)15-11-14/h2-11H2,1H3,(H,15,17). The van der Waals surface area contributed by atoms with Crippen molar-refractivity contribution >= 4 is 11.8 Å². The van der Waals surface area contributed by atoms with Crippen LogP contribution in [0.5, 0.6) is 0 Å². The summed E-state index contributed by atoms with van der Waals surface area (Å²) in [5.74, 6) is 0.480. The second kappa shape index (κ2) is 5.72. The fourth-order valence-electron chi connectivity index (χ4n) is 3.02. The minimum Gasteiger partial charge on any atom is -0.356 e. The van der Waals surface area contributed by atoms with Crippen molar-refractivity contribution in [3.05, 3.63) is 0 Å². The molecule has 0 aromatic rings. The molecule has 2 rings (SSSR count). The molecule has 0 atom stereocenters. The van der Waals surface area contributed by atoms with Crippen LogP contribution in [0.2, 0.25) is 0 Å². The summed E-state index contributed by atoms with van der Waals surface area (Å²) < 4.78 is 0. The predicted molar refractivity (Wildman–Crippen MR) is 70.0 cm³/mol. The Morgan fingerprint density at radius 2 is 2.06 bits per heavy atom. The number of hydrogen-bond acceptors (Lipinski definition) is 2. The molecule has 0 bridgehead atoms. The highest BCUT2D eigenvalue weighted by Gasteiger charge is 2.41. The highest BCUT2D eigenvalue weighted by molar-refractivity contribution is 5.79. The Morgan fingerprint density at radius 1 is 1.33 bits per heavy atom. The normalized spacial score (nSPS) is 22.3. The second-order valence-electron chi connectivity index (χ2n) is 5.79. The Bertz CT molecular complexity index is 320. The van der Waals surface area contributed by atoms with Crippen LogP contribution >= 0.6 is 0 Å². The van der Waals surface area contributed by atoms with E-state index in [2.05, 4.69) is 12.2 Å². The molecular weight excluding hydrogens is 228 g/mol. The van der Waals surface area contributed by atoms with E-state index in [9.17, 15) is 9.59 Å². The van der Waals surface area contributed by atoms with Gasteiger partial charge in [-0.1, -0.05) is 19.8 Å². The number of carbonyl (C=O) groups excluding carboxylic acids is 2. The zero-order valence-electron chi connectivity index (χ0n) is 11.3. The van der Waals surface area contributed by atoms with E-state index in [0.29, 0.717) is 18.7 Å². The molecule has 102 valence electrons. The first-order chi connectivity index (χ1) is 8.65. The quantitative estimate of drug-likeness (QED) is 0.774. The van der Waals surface area contributed by atoms with Crippen LogP contribution in [0.15, 0.2) is 0 Å². The van der Waals surface area contributed by atoms with Gasteiger partial charge in [0.1, 0.15) is 0 Å². The molecule has 2 aliphatic heterocycles. The summed E-state index contributed by atoms with van der Waals surface area (Å²) in [5.41, 5.74) is 0.150. The highest BCUT2D eigenvalue weighted by atomic mass is 16.2. The van der Waals surface area contributed by atoms with Crippen LogP contribution in [0.25, 0.3) is 0 Å². The van der Waals surface area contributed by atoms with E-state index in [-0.39, 0.29) is 11.3 Å². The Morgan fingerprint density at radius 3 is 2.61 bits per heavy atom. The Kier molecular flexibility index (Phi) is 4.25. The monoisotopic (exact) mass is 252 g/mol. The lowest BCUT2D eigenvalue weighted by molar-refractivity contribution is -0.133. The minimum atomic E-state index is 0.150. The van der Waals surface area contributed by atoms with Gasteiger partial charge >= 0.3 is 0 Å². The van der Waals surface area contributed by atoms with E-state index >= 15 is 0 Å². The number of nitrogens with one attached hydrogen (secondary N) is 1. The van der Waals surface area contributed by atoms with Crippen molar-refractivity contribution < 1.29 is 9.59 Å². The SMILES string of the molecule is CCCCCC(=O)N1CCC2(CC1)CNC(=O)C2. The van der Waals surface area contributed by atoms with Crippen molar-refractivity contribution in [2.75, 3.05) is 19.6 Å². The van der Waals surface area contributed by atoms with E-state index < -0.39 is 0 Å². The molecule has 4 nitrogen and oxygen atoms in total. The van der Waals surface area contributed by atoms with Crippen molar-refractivity contribution in [2.45, 2.75) is 51.9 Å². The summed E-state index contributed by atoms with van der Waals surface area (Å²) in [4.78, 5) is 25.3. The van der Waals surface area contributed by atoms with Crippen LogP contribution in [0.4, 0.5) is 0 Å². The van der Waals surface area contributed by atoms with E-state index in [0.717, 1.165) is 51.7 Å². The van der Waals surface area contributed by atoms with Gasteiger partial charge in [0.2, 0.25) is 11.8 Å². The molecule has 0 aromatic heterocycles. The fraction of sp³-hybridized carbons (Fsp3) is 0.857. The first-order valence-electron chi connectivity index (χ1n) is 7.20. The van der Waals surface area contributed by atoms with E-state index in [1.54, 1.807) is 0 Å². The van der Waals surface area contributed by atoms with Gasteiger partial charge in [-0.2, -0.15) is 0 Å². The topological polar surface area (TPSA) is 49.4 Å². The van der Waals surface area contributed by atoms with E-state index in [1.165, 1.54) is 0 Å². The van der Waals surface area contributed by atoms with Crippen LogP contribution in [0.3, 0.4) is 0 Å². The summed E-state index contributed by atoms with van der Waals surface area (Å²) in [7, 11) is 0. The van der Waals surface area contributed by atoms with Crippen LogP contribution in [-0.4, -0.2) is 36.3 Å². The lowest BCUT2D eigenvalue weighted by Gasteiger charge is -2.38. The van der Waals surface area contributed by atoms with Crippen LogP contribution in [0, 0.1) is 5.41 Å². The van der Waals surface area contributed by atoms with Crippen molar-refractivity contribution in [1.82, 2.24) is 10.2 Å². The first kappa shape index (κ1) is 13.4. The van der Waals surface area contributed by atoms with Gasteiger partial charge in [0.05, 0.1) is 0 Å². The van der Waals surface area contributed by atoms with Crippen molar-refractivity contribution in [2.24, 2.45) is 5.41 Å². The molecule has 2 fully saturated rings. The number of unbranched alkanes of at least 4 members (excludes halogenated alkanes) is 2. The molecule has 4 heteroatoms. The third-order valence-electron chi connectivity index (χ3n) is 4.37. The number of rotatable bonds is 4. The zero-order valence-corrected chi connectivity index (χ0v) is 11.3. The van der Waals surface area contributed by atoms with Gasteiger partial charge in [-0.3, -0.25) is 9.59 Å². The summed E-state index contributed by atoms with van der Waals surface area (Å²) in [6.07, 6.45) is 6.61. The van der Waals surface area contributed by atoms with Crippen LogP contribution in [0.1, 0.15) is 51.9 Å². The zero-order chi connectivity index (χ0) is 13.0. The molecule has 2 aliphatic rings. The molecule has 0 radical (unpaired) electrons. The number of piperidine rings is 1. The second-order valence-corrected chi connectivity index (χ2v) is 5.79. The predicted octanol–water partition coefficient (Wildman–Crippen LogP) is 1.70. The number of amides is 2. The van der Waals surface area contributed by atoms with Gasteiger partial charge in [-0.25, -0.2) is 0 Å². The number of likely N-dealkylation sites (tertiary alicyclic amines) is 1. The lowest BCUT2D eigenvalue weighted by atomic mass is 9.77. The van der Waals surface area contributed by atoms with Gasteiger partial charge in [-0.15, -0.1) is 0 Å². The third kappa shape index (κ3) is 3.03. The van der Waals surface area contributed by atoms with E-state index in [4.69, 9.17) is 0 Å².